The molecular formula is C19H21NO. The summed E-state index contributed by atoms with van der Waals surface area (Å²) in [5.41, 5.74) is 4.74. The molecule has 0 aliphatic rings. The van der Waals surface area contributed by atoms with E-state index in [0.717, 1.165) is 12.1 Å². The number of anilines is 1. The Balaban J connectivity index is 2.20. The van der Waals surface area contributed by atoms with E-state index in [1.165, 1.54) is 16.8 Å². The van der Waals surface area contributed by atoms with Crippen LogP contribution in [0.15, 0.2) is 48.5 Å². The van der Waals surface area contributed by atoms with Gasteiger partial charge in [0.05, 0.1) is 6.61 Å². The summed E-state index contributed by atoms with van der Waals surface area (Å²) < 4.78 is 0. The third kappa shape index (κ3) is 4.11. The van der Waals surface area contributed by atoms with Crippen LogP contribution in [0, 0.1) is 18.8 Å². The highest BCUT2D eigenvalue weighted by Crippen LogP contribution is 2.21. The lowest BCUT2D eigenvalue weighted by Gasteiger charge is -2.22. The highest BCUT2D eigenvalue weighted by atomic mass is 16.2. The number of hydrogen-bond donors (Lipinski definition) is 1. The highest BCUT2D eigenvalue weighted by Gasteiger charge is 2.06. The van der Waals surface area contributed by atoms with Crippen molar-refractivity contribution in [2.24, 2.45) is 0 Å². The SMILES string of the molecule is Cc1ccccc1N(C)Cc1ccccc1C#CCCO. The second-order valence-corrected chi connectivity index (χ2v) is 5.08. The first-order valence-corrected chi connectivity index (χ1v) is 7.17. The molecule has 0 saturated carbocycles. The van der Waals surface area contributed by atoms with Crippen LogP contribution in [0.2, 0.25) is 0 Å². The molecule has 0 fully saturated rings. The minimum absolute atomic E-state index is 0.109. The van der Waals surface area contributed by atoms with Gasteiger partial charge >= 0.3 is 0 Å². The van der Waals surface area contributed by atoms with Crippen LogP contribution in [-0.2, 0) is 6.54 Å². The Morgan fingerprint density at radius 1 is 1.05 bits per heavy atom. The summed E-state index contributed by atoms with van der Waals surface area (Å²) in [7, 11) is 2.10. The van der Waals surface area contributed by atoms with E-state index in [4.69, 9.17) is 5.11 Å². The molecule has 0 amide bonds. The number of para-hydroxylation sites is 1. The van der Waals surface area contributed by atoms with Crippen molar-refractivity contribution < 1.29 is 5.11 Å². The first-order chi connectivity index (χ1) is 10.2. The topological polar surface area (TPSA) is 23.5 Å². The van der Waals surface area contributed by atoms with Crippen LogP contribution in [0.1, 0.15) is 23.1 Å². The smallest absolute Gasteiger partial charge is 0.0540 e. The zero-order valence-electron chi connectivity index (χ0n) is 12.6. The summed E-state index contributed by atoms with van der Waals surface area (Å²) in [6.07, 6.45) is 0.516. The molecule has 2 aromatic rings. The number of aryl methyl sites for hydroxylation is 1. The predicted octanol–water partition coefficient (Wildman–Crippen LogP) is 3.37. The molecular weight excluding hydrogens is 258 g/mol. The number of benzene rings is 2. The van der Waals surface area contributed by atoms with Gasteiger partial charge in [0.1, 0.15) is 0 Å². The van der Waals surface area contributed by atoms with Crippen molar-refractivity contribution in [3.8, 4) is 11.8 Å². The van der Waals surface area contributed by atoms with Crippen LogP contribution in [0.4, 0.5) is 5.69 Å². The van der Waals surface area contributed by atoms with E-state index in [2.05, 4.69) is 61.0 Å². The maximum atomic E-state index is 8.83. The summed E-state index contributed by atoms with van der Waals surface area (Å²) in [4.78, 5) is 2.24. The molecule has 0 bridgehead atoms. The third-order valence-corrected chi connectivity index (χ3v) is 3.41. The Hall–Kier alpha value is -2.24. The largest absolute Gasteiger partial charge is 0.395 e. The van der Waals surface area contributed by atoms with Crippen LogP contribution < -0.4 is 4.90 Å². The molecule has 0 atom stereocenters. The van der Waals surface area contributed by atoms with Crippen LogP contribution >= 0.6 is 0 Å². The van der Waals surface area contributed by atoms with Gasteiger partial charge in [0.15, 0.2) is 0 Å². The van der Waals surface area contributed by atoms with Gasteiger partial charge in [-0.15, -0.1) is 0 Å². The minimum Gasteiger partial charge on any atom is -0.395 e. The van der Waals surface area contributed by atoms with Gasteiger partial charge in [0.25, 0.3) is 0 Å². The fourth-order valence-corrected chi connectivity index (χ4v) is 2.33. The van der Waals surface area contributed by atoms with Gasteiger partial charge in [-0.1, -0.05) is 48.2 Å². The number of nitrogens with zero attached hydrogens (tertiary/aromatic N) is 1. The number of hydrogen-bond acceptors (Lipinski definition) is 2. The summed E-state index contributed by atoms with van der Waals surface area (Å²) in [5.74, 6) is 6.15. The van der Waals surface area contributed by atoms with Crippen molar-refractivity contribution in [3.63, 3.8) is 0 Å². The van der Waals surface area contributed by atoms with E-state index in [1.807, 2.05) is 18.2 Å². The maximum Gasteiger partial charge on any atom is 0.0540 e. The van der Waals surface area contributed by atoms with E-state index >= 15 is 0 Å². The summed E-state index contributed by atoms with van der Waals surface area (Å²) in [6.45, 7) is 3.05. The molecule has 0 unspecified atom stereocenters. The molecule has 0 radical (unpaired) electrons. The molecule has 2 aromatic carbocycles. The molecule has 2 rings (SSSR count). The normalized spacial score (nSPS) is 9.86. The average Bonchev–Trinajstić information content (AvgIpc) is 2.49. The van der Waals surface area contributed by atoms with Crippen molar-refractivity contribution in [1.82, 2.24) is 0 Å². The quantitative estimate of drug-likeness (QED) is 0.867. The van der Waals surface area contributed by atoms with Crippen molar-refractivity contribution >= 4 is 5.69 Å². The summed E-state index contributed by atoms with van der Waals surface area (Å²) in [5, 5.41) is 8.83. The number of aliphatic hydroxyl groups is 1. The molecule has 0 aliphatic carbocycles. The molecule has 108 valence electrons. The van der Waals surface area contributed by atoms with Gasteiger partial charge in [0, 0.05) is 31.3 Å². The van der Waals surface area contributed by atoms with E-state index < -0.39 is 0 Å². The minimum atomic E-state index is 0.109. The molecule has 2 heteroatoms. The van der Waals surface area contributed by atoms with Crippen LogP contribution in [0.5, 0.6) is 0 Å². The first kappa shape index (κ1) is 15.2. The Labute approximate surface area is 127 Å². The average molecular weight is 279 g/mol. The van der Waals surface area contributed by atoms with Crippen LogP contribution in [0.3, 0.4) is 0 Å². The van der Waals surface area contributed by atoms with Crippen LogP contribution in [0.25, 0.3) is 0 Å². The third-order valence-electron chi connectivity index (χ3n) is 3.41. The summed E-state index contributed by atoms with van der Waals surface area (Å²) >= 11 is 0. The molecule has 2 nitrogen and oxygen atoms in total. The standard InChI is InChI=1S/C19H21NO/c1-16-9-3-6-13-19(16)20(2)15-18-12-5-4-10-17(18)11-7-8-14-21/h3-6,9-10,12-13,21H,8,14-15H2,1-2H3. The Morgan fingerprint density at radius 2 is 1.76 bits per heavy atom. The van der Waals surface area contributed by atoms with Gasteiger partial charge < -0.3 is 10.0 Å². The molecule has 0 saturated heterocycles. The van der Waals surface area contributed by atoms with Gasteiger partial charge in [0.2, 0.25) is 0 Å². The Bertz CT molecular complexity index is 652. The maximum absolute atomic E-state index is 8.83. The zero-order chi connectivity index (χ0) is 15.1. The predicted molar refractivity (Wildman–Crippen MR) is 88.3 cm³/mol. The molecule has 0 spiro atoms. The van der Waals surface area contributed by atoms with Gasteiger partial charge in [-0.05, 0) is 30.2 Å². The molecule has 0 heterocycles. The fraction of sp³-hybridized carbons (Fsp3) is 0.263. The molecule has 0 aromatic heterocycles. The van der Waals surface area contributed by atoms with E-state index in [1.54, 1.807) is 0 Å². The van der Waals surface area contributed by atoms with Gasteiger partial charge in [-0.2, -0.15) is 0 Å². The Morgan fingerprint density at radius 3 is 2.52 bits per heavy atom. The Kier molecular flexibility index (Phi) is 5.43. The van der Waals surface area contributed by atoms with E-state index in [9.17, 15) is 0 Å². The fourth-order valence-electron chi connectivity index (χ4n) is 2.33. The lowest BCUT2D eigenvalue weighted by Crippen LogP contribution is -2.18. The summed E-state index contributed by atoms with van der Waals surface area (Å²) in [6, 6.07) is 16.6. The van der Waals surface area contributed by atoms with Crippen molar-refractivity contribution in [2.45, 2.75) is 19.9 Å². The zero-order valence-corrected chi connectivity index (χ0v) is 12.6. The second-order valence-electron chi connectivity index (χ2n) is 5.08. The molecule has 21 heavy (non-hydrogen) atoms. The monoisotopic (exact) mass is 279 g/mol. The second kappa shape index (κ2) is 7.52. The number of rotatable bonds is 4. The molecule has 1 N–H and O–H groups in total. The van der Waals surface area contributed by atoms with Crippen LogP contribution in [-0.4, -0.2) is 18.8 Å². The molecule has 0 aliphatic heterocycles. The number of aliphatic hydroxyl groups excluding tert-OH is 1. The lowest BCUT2D eigenvalue weighted by atomic mass is 10.1. The van der Waals surface area contributed by atoms with E-state index in [0.29, 0.717) is 6.42 Å². The van der Waals surface area contributed by atoms with Crippen molar-refractivity contribution in [2.75, 3.05) is 18.6 Å². The first-order valence-electron chi connectivity index (χ1n) is 7.17. The van der Waals surface area contributed by atoms with E-state index in [-0.39, 0.29) is 6.61 Å². The van der Waals surface area contributed by atoms with Crippen molar-refractivity contribution in [3.05, 3.63) is 65.2 Å². The lowest BCUT2D eigenvalue weighted by molar-refractivity contribution is 0.305. The van der Waals surface area contributed by atoms with Gasteiger partial charge in [-0.25, -0.2) is 0 Å². The highest BCUT2D eigenvalue weighted by molar-refractivity contribution is 5.53. The van der Waals surface area contributed by atoms with Gasteiger partial charge in [-0.3, -0.25) is 0 Å². The van der Waals surface area contributed by atoms with Crippen molar-refractivity contribution in [1.29, 1.82) is 0 Å².